The van der Waals surface area contributed by atoms with Crippen molar-refractivity contribution in [3.8, 4) is 0 Å². The minimum Gasteiger partial charge on any atom is -0.391 e. The first-order chi connectivity index (χ1) is 11.7. The van der Waals surface area contributed by atoms with E-state index in [1.807, 2.05) is 37.5 Å². The van der Waals surface area contributed by atoms with Crippen LogP contribution in [-0.2, 0) is 13.0 Å². The van der Waals surface area contributed by atoms with Crippen LogP contribution in [0.5, 0.6) is 0 Å². The number of aryl methyl sites for hydroxylation is 1. The Morgan fingerprint density at radius 1 is 1.21 bits per heavy atom. The SMILES string of the molecule is Cc1cnc(CN2CC(O)C(Cc3ccnc4ccccc34)C2)[nH]1. The number of β-amino-alcohol motifs (C(OH)–C–C–N with tert-alkyl or cyclic N) is 1. The third-order valence-corrected chi connectivity index (χ3v) is 4.83. The Morgan fingerprint density at radius 3 is 2.92 bits per heavy atom. The van der Waals surface area contributed by atoms with Crippen molar-refractivity contribution >= 4 is 10.9 Å². The molecule has 2 atom stereocenters. The molecule has 0 amide bonds. The maximum absolute atomic E-state index is 10.5. The van der Waals surface area contributed by atoms with Gasteiger partial charge >= 0.3 is 0 Å². The Kier molecular flexibility index (Phi) is 4.04. The van der Waals surface area contributed by atoms with Gasteiger partial charge in [0.25, 0.3) is 0 Å². The summed E-state index contributed by atoms with van der Waals surface area (Å²) in [6.45, 7) is 4.36. The van der Waals surface area contributed by atoms with Gasteiger partial charge in [-0.1, -0.05) is 18.2 Å². The van der Waals surface area contributed by atoms with E-state index in [0.717, 1.165) is 36.5 Å². The molecule has 24 heavy (non-hydrogen) atoms. The number of aromatic nitrogens is 3. The van der Waals surface area contributed by atoms with Crippen LogP contribution in [0.25, 0.3) is 10.9 Å². The van der Waals surface area contributed by atoms with Gasteiger partial charge in [-0.2, -0.15) is 0 Å². The summed E-state index contributed by atoms with van der Waals surface area (Å²) in [6.07, 6.45) is 4.29. The van der Waals surface area contributed by atoms with E-state index in [1.54, 1.807) is 0 Å². The molecular weight excluding hydrogens is 300 g/mol. The number of likely N-dealkylation sites (tertiary alicyclic amines) is 1. The van der Waals surface area contributed by atoms with E-state index in [-0.39, 0.29) is 12.0 Å². The fraction of sp³-hybridized carbons (Fsp3) is 0.368. The normalized spacial score (nSPS) is 21.6. The number of imidazole rings is 1. The van der Waals surface area contributed by atoms with Crippen LogP contribution in [0.2, 0.25) is 0 Å². The van der Waals surface area contributed by atoms with E-state index in [1.165, 1.54) is 10.9 Å². The molecule has 2 aromatic heterocycles. The van der Waals surface area contributed by atoms with Gasteiger partial charge in [0.1, 0.15) is 5.82 Å². The van der Waals surface area contributed by atoms with Crippen LogP contribution in [0, 0.1) is 12.8 Å². The predicted octanol–water partition coefficient (Wildman–Crippen LogP) is 2.30. The average Bonchev–Trinajstić information content (AvgIpc) is 3.14. The van der Waals surface area contributed by atoms with Crippen molar-refractivity contribution in [2.75, 3.05) is 13.1 Å². The number of fused-ring (bicyclic) bond motifs is 1. The molecule has 1 saturated heterocycles. The number of aliphatic hydroxyl groups is 1. The largest absolute Gasteiger partial charge is 0.391 e. The van der Waals surface area contributed by atoms with Crippen molar-refractivity contribution in [1.82, 2.24) is 19.9 Å². The smallest absolute Gasteiger partial charge is 0.120 e. The third kappa shape index (κ3) is 3.05. The van der Waals surface area contributed by atoms with Crippen LogP contribution in [0.15, 0.2) is 42.7 Å². The molecule has 1 aliphatic rings. The first-order valence-corrected chi connectivity index (χ1v) is 8.42. The van der Waals surface area contributed by atoms with Gasteiger partial charge in [0.05, 0.1) is 18.2 Å². The molecule has 5 heteroatoms. The average molecular weight is 322 g/mol. The first kappa shape index (κ1) is 15.3. The second kappa shape index (κ2) is 6.34. The molecule has 0 saturated carbocycles. The van der Waals surface area contributed by atoms with Crippen LogP contribution in [-0.4, -0.2) is 44.2 Å². The monoisotopic (exact) mass is 322 g/mol. The lowest BCUT2D eigenvalue weighted by Crippen LogP contribution is -2.22. The van der Waals surface area contributed by atoms with Crippen LogP contribution >= 0.6 is 0 Å². The summed E-state index contributed by atoms with van der Waals surface area (Å²) in [4.78, 5) is 14.3. The van der Waals surface area contributed by atoms with Gasteiger partial charge in [-0.15, -0.1) is 0 Å². The number of H-pyrrole nitrogens is 1. The lowest BCUT2D eigenvalue weighted by molar-refractivity contribution is 0.141. The van der Waals surface area contributed by atoms with Crippen molar-refractivity contribution in [1.29, 1.82) is 0 Å². The maximum atomic E-state index is 10.5. The molecule has 5 nitrogen and oxygen atoms in total. The lowest BCUT2D eigenvalue weighted by atomic mass is 9.94. The number of para-hydroxylation sites is 1. The molecule has 0 spiro atoms. The number of nitrogens with one attached hydrogen (secondary N) is 1. The van der Waals surface area contributed by atoms with Gasteiger partial charge in [-0.05, 0) is 31.0 Å². The van der Waals surface area contributed by atoms with Crippen LogP contribution in [0.4, 0.5) is 0 Å². The molecule has 0 bridgehead atoms. The minimum absolute atomic E-state index is 0.242. The van der Waals surface area contributed by atoms with Crippen LogP contribution in [0.3, 0.4) is 0 Å². The molecule has 1 fully saturated rings. The highest BCUT2D eigenvalue weighted by molar-refractivity contribution is 5.81. The summed E-state index contributed by atoms with van der Waals surface area (Å²) in [5, 5.41) is 11.7. The Bertz CT molecular complexity index is 839. The number of benzene rings is 1. The summed E-state index contributed by atoms with van der Waals surface area (Å²) >= 11 is 0. The van der Waals surface area contributed by atoms with E-state index in [9.17, 15) is 5.11 Å². The quantitative estimate of drug-likeness (QED) is 0.773. The van der Waals surface area contributed by atoms with Gasteiger partial charge in [0.15, 0.2) is 0 Å². The number of hydrogen-bond donors (Lipinski definition) is 2. The molecule has 124 valence electrons. The highest BCUT2D eigenvalue weighted by Crippen LogP contribution is 2.26. The Hall–Kier alpha value is -2.24. The van der Waals surface area contributed by atoms with Crippen LogP contribution in [0.1, 0.15) is 17.1 Å². The standard InChI is InChI=1S/C19H22N4O/c1-13-9-21-19(22-13)12-23-10-15(18(24)11-23)8-14-6-7-20-17-5-3-2-4-16(14)17/h2-7,9,15,18,24H,8,10-12H2,1H3,(H,21,22). The van der Waals surface area contributed by atoms with E-state index < -0.39 is 0 Å². The molecule has 1 aliphatic heterocycles. The zero-order valence-electron chi connectivity index (χ0n) is 13.8. The number of aromatic amines is 1. The summed E-state index contributed by atoms with van der Waals surface area (Å²) in [5.74, 6) is 1.21. The van der Waals surface area contributed by atoms with Gasteiger partial charge in [-0.25, -0.2) is 4.98 Å². The second-order valence-corrected chi connectivity index (χ2v) is 6.73. The summed E-state index contributed by atoms with van der Waals surface area (Å²) in [6, 6.07) is 10.3. The first-order valence-electron chi connectivity index (χ1n) is 8.42. The Balaban J connectivity index is 1.48. The molecule has 2 unspecified atom stereocenters. The third-order valence-electron chi connectivity index (χ3n) is 4.83. The maximum Gasteiger partial charge on any atom is 0.120 e. The van der Waals surface area contributed by atoms with E-state index in [2.05, 4.69) is 32.0 Å². The summed E-state index contributed by atoms with van der Waals surface area (Å²) in [7, 11) is 0. The number of rotatable bonds is 4. The zero-order chi connectivity index (χ0) is 16.5. The minimum atomic E-state index is -0.298. The fourth-order valence-electron chi connectivity index (χ4n) is 3.65. The fourth-order valence-corrected chi connectivity index (χ4v) is 3.65. The highest BCUT2D eigenvalue weighted by Gasteiger charge is 2.31. The molecule has 0 aliphatic carbocycles. The number of aliphatic hydroxyl groups excluding tert-OH is 1. The number of hydrogen-bond acceptors (Lipinski definition) is 4. The van der Waals surface area contributed by atoms with Gasteiger partial charge in [0.2, 0.25) is 0 Å². The van der Waals surface area contributed by atoms with Gasteiger partial charge < -0.3 is 10.1 Å². The molecular formula is C19H22N4O. The van der Waals surface area contributed by atoms with Crippen molar-refractivity contribution in [2.24, 2.45) is 5.92 Å². The molecule has 3 heterocycles. The zero-order valence-corrected chi connectivity index (χ0v) is 13.8. The van der Waals surface area contributed by atoms with Crippen molar-refractivity contribution in [2.45, 2.75) is 26.0 Å². The summed E-state index contributed by atoms with van der Waals surface area (Å²) in [5.41, 5.74) is 3.36. The molecule has 1 aromatic carbocycles. The van der Waals surface area contributed by atoms with E-state index >= 15 is 0 Å². The summed E-state index contributed by atoms with van der Waals surface area (Å²) < 4.78 is 0. The molecule has 0 radical (unpaired) electrons. The Morgan fingerprint density at radius 2 is 2.08 bits per heavy atom. The number of pyridine rings is 1. The van der Waals surface area contributed by atoms with E-state index in [4.69, 9.17) is 0 Å². The van der Waals surface area contributed by atoms with Crippen molar-refractivity contribution in [3.63, 3.8) is 0 Å². The van der Waals surface area contributed by atoms with Crippen molar-refractivity contribution in [3.05, 3.63) is 59.8 Å². The highest BCUT2D eigenvalue weighted by atomic mass is 16.3. The molecule has 3 aromatic rings. The second-order valence-electron chi connectivity index (χ2n) is 6.73. The molecule has 2 N–H and O–H groups in total. The van der Waals surface area contributed by atoms with Crippen LogP contribution < -0.4 is 0 Å². The van der Waals surface area contributed by atoms with Gasteiger partial charge in [0, 0.05) is 42.5 Å². The lowest BCUT2D eigenvalue weighted by Gasteiger charge is -2.15. The molecule has 4 rings (SSSR count). The predicted molar refractivity (Wildman–Crippen MR) is 93.5 cm³/mol. The topological polar surface area (TPSA) is 65.0 Å². The van der Waals surface area contributed by atoms with Crippen molar-refractivity contribution < 1.29 is 5.11 Å². The Labute approximate surface area is 141 Å². The number of nitrogens with zero attached hydrogens (tertiary/aromatic N) is 3. The van der Waals surface area contributed by atoms with Gasteiger partial charge in [-0.3, -0.25) is 9.88 Å². The van der Waals surface area contributed by atoms with E-state index in [0.29, 0.717) is 6.54 Å².